The summed E-state index contributed by atoms with van der Waals surface area (Å²) < 4.78 is 13.0. The molecule has 0 spiro atoms. The summed E-state index contributed by atoms with van der Waals surface area (Å²) in [4.78, 5) is 0. The van der Waals surface area contributed by atoms with Crippen LogP contribution < -0.4 is 0 Å². The maximum absolute atomic E-state index is 13.0. The maximum atomic E-state index is 13.0. The van der Waals surface area contributed by atoms with Crippen molar-refractivity contribution in [3.8, 4) is 0 Å². The van der Waals surface area contributed by atoms with E-state index in [0.717, 1.165) is 17.3 Å². The molecule has 16 heavy (non-hydrogen) atoms. The fraction of sp³-hybridized carbons (Fsp3) is 0.538. The Labute approximate surface area is 110 Å². The largest absolute Gasteiger partial charge is 0.205 e. The van der Waals surface area contributed by atoms with E-state index in [1.54, 1.807) is 6.07 Å². The Bertz CT molecular complexity index is 339. The lowest BCUT2D eigenvalue weighted by atomic mass is 9.92. The number of alkyl halides is 1. The summed E-state index contributed by atoms with van der Waals surface area (Å²) in [7, 11) is 0. The van der Waals surface area contributed by atoms with Crippen LogP contribution in [-0.4, -0.2) is 5.33 Å². The van der Waals surface area contributed by atoms with E-state index in [9.17, 15) is 4.39 Å². The minimum Gasteiger partial charge on any atom is -0.205 e. The van der Waals surface area contributed by atoms with Gasteiger partial charge in [0.2, 0.25) is 0 Å². The molecule has 0 aliphatic rings. The Balaban J connectivity index is 2.66. The quantitative estimate of drug-likeness (QED) is 0.666. The van der Waals surface area contributed by atoms with Gasteiger partial charge in [-0.25, -0.2) is 4.39 Å². The van der Waals surface area contributed by atoms with Gasteiger partial charge in [0, 0.05) is 5.33 Å². The fourth-order valence-corrected chi connectivity index (χ4v) is 2.56. The first-order chi connectivity index (χ1) is 7.52. The Hall–Kier alpha value is -0.0800. The highest BCUT2D eigenvalue weighted by atomic mass is 79.9. The summed E-state index contributed by atoms with van der Waals surface area (Å²) in [6.45, 7) is 4.43. The molecule has 1 aromatic carbocycles. The van der Waals surface area contributed by atoms with Gasteiger partial charge in [-0.05, 0) is 42.4 Å². The number of rotatable bonds is 5. The lowest BCUT2D eigenvalue weighted by Gasteiger charge is -2.16. The van der Waals surface area contributed by atoms with E-state index < -0.39 is 0 Å². The van der Waals surface area contributed by atoms with Crippen LogP contribution in [0.25, 0.3) is 0 Å². The normalized spacial score (nSPS) is 13.1. The minimum absolute atomic E-state index is 0.218. The highest BCUT2D eigenvalue weighted by molar-refractivity contribution is 9.09. The first kappa shape index (κ1) is 14.0. The summed E-state index contributed by atoms with van der Waals surface area (Å²) in [5.74, 6) is 0.921. The van der Waals surface area contributed by atoms with Crippen LogP contribution in [0, 0.1) is 17.7 Å². The van der Waals surface area contributed by atoms with Gasteiger partial charge in [-0.15, -0.1) is 0 Å². The SMILES string of the molecule is CC(C)CC(CBr)Cc1ccc(F)c(Cl)c1. The molecule has 90 valence electrons. The predicted molar refractivity (Wildman–Crippen MR) is 71.9 cm³/mol. The molecule has 1 atom stereocenters. The third-order valence-corrected chi connectivity index (χ3v) is 3.74. The molecule has 1 unspecified atom stereocenters. The summed E-state index contributed by atoms with van der Waals surface area (Å²) >= 11 is 9.29. The average Bonchev–Trinajstić information content (AvgIpc) is 2.22. The van der Waals surface area contributed by atoms with Crippen LogP contribution in [0.1, 0.15) is 25.8 Å². The van der Waals surface area contributed by atoms with Crippen molar-refractivity contribution in [2.24, 2.45) is 11.8 Å². The van der Waals surface area contributed by atoms with Crippen LogP contribution in [-0.2, 0) is 6.42 Å². The third-order valence-electron chi connectivity index (χ3n) is 2.53. The first-order valence-corrected chi connectivity index (χ1v) is 7.02. The molecule has 3 heteroatoms. The molecule has 1 rings (SSSR count). The van der Waals surface area contributed by atoms with Gasteiger partial charge in [0.05, 0.1) is 5.02 Å². The van der Waals surface area contributed by atoms with Gasteiger partial charge in [-0.1, -0.05) is 47.4 Å². The maximum Gasteiger partial charge on any atom is 0.141 e. The zero-order valence-electron chi connectivity index (χ0n) is 9.64. The van der Waals surface area contributed by atoms with Crippen LogP contribution >= 0.6 is 27.5 Å². The average molecular weight is 308 g/mol. The molecule has 0 N–H and O–H groups in total. The van der Waals surface area contributed by atoms with Gasteiger partial charge >= 0.3 is 0 Å². The van der Waals surface area contributed by atoms with E-state index in [4.69, 9.17) is 11.6 Å². The van der Waals surface area contributed by atoms with Gasteiger partial charge in [0.1, 0.15) is 5.82 Å². The van der Waals surface area contributed by atoms with Crippen molar-refractivity contribution < 1.29 is 4.39 Å². The second-order valence-electron chi connectivity index (χ2n) is 4.60. The lowest BCUT2D eigenvalue weighted by molar-refractivity contribution is 0.445. The minimum atomic E-state index is -0.343. The highest BCUT2D eigenvalue weighted by Gasteiger charge is 2.11. The molecule has 0 fully saturated rings. The van der Waals surface area contributed by atoms with Crippen molar-refractivity contribution in [3.05, 3.63) is 34.6 Å². The summed E-state index contributed by atoms with van der Waals surface area (Å²) in [5.41, 5.74) is 1.11. The monoisotopic (exact) mass is 306 g/mol. The Kier molecular flexibility index (Phi) is 5.77. The van der Waals surface area contributed by atoms with Gasteiger partial charge in [0.25, 0.3) is 0 Å². The molecule has 0 nitrogen and oxygen atoms in total. The molecule has 0 bridgehead atoms. The Morgan fingerprint density at radius 1 is 1.38 bits per heavy atom. The van der Waals surface area contributed by atoms with E-state index in [1.807, 2.05) is 6.07 Å². The third kappa shape index (κ3) is 4.42. The van der Waals surface area contributed by atoms with Crippen LogP contribution in [0.4, 0.5) is 4.39 Å². The van der Waals surface area contributed by atoms with Crippen molar-refractivity contribution in [3.63, 3.8) is 0 Å². The van der Waals surface area contributed by atoms with Crippen molar-refractivity contribution in [1.29, 1.82) is 0 Å². The van der Waals surface area contributed by atoms with E-state index in [2.05, 4.69) is 29.8 Å². The van der Waals surface area contributed by atoms with Gasteiger partial charge in [-0.3, -0.25) is 0 Å². The fourth-order valence-electron chi connectivity index (χ4n) is 1.87. The van der Waals surface area contributed by atoms with Gasteiger partial charge in [-0.2, -0.15) is 0 Å². The molecule has 0 aliphatic carbocycles. The van der Waals surface area contributed by atoms with Crippen molar-refractivity contribution >= 4 is 27.5 Å². The van der Waals surface area contributed by atoms with E-state index in [0.29, 0.717) is 11.8 Å². The Morgan fingerprint density at radius 2 is 2.06 bits per heavy atom. The van der Waals surface area contributed by atoms with E-state index in [-0.39, 0.29) is 10.8 Å². The number of hydrogen-bond donors (Lipinski definition) is 0. The molecule has 1 aromatic rings. The summed E-state index contributed by atoms with van der Waals surface area (Å²) in [6.07, 6.45) is 2.11. The molecule has 0 aliphatic heterocycles. The van der Waals surface area contributed by atoms with Crippen LogP contribution in [0.3, 0.4) is 0 Å². The van der Waals surface area contributed by atoms with Gasteiger partial charge < -0.3 is 0 Å². The molecular formula is C13H17BrClF. The number of benzene rings is 1. The predicted octanol–water partition coefficient (Wildman–Crippen LogP) is 5.08. The number of hydrogen-bond acceptors (Lipinski definition) is 0. The van der Waals surface area contributed by atoms with Crippen LogP contribution in [0.5, 0.6) is 0 Å². The van der Waals surface area contributed by atoms with Crippen LogP contribution in [0.2, 0.25) is 5.02 Å². The molecular weight excluding hydrogens is 290 g/mol. The second-order valence-corrected chi connectivity index (χ2v) is 5.66. The lowest BCUT2D eigenvalue weighted by Crippen LogP contribution is -2.09. The van der Waals surface area contributed by atoms with Crippen molar-refractivity contribution in [2.75, 3.05) is 5.33 Å². The molecule has 0 heterocycles. The smallest absolute Gasteiger partial charge is 0.141 e. The first-order valence-electron chi connectivity index (χ1n) is 5.52. The standard InChI is InChI=1S/C13H17BrClF/c1-9(2)5-11(8-14)6-10-3-4-13(16)12(15)7-10/h3-4,7,9,11H,5-6,8H2,1-2H3. The number of halogens is 3. The summed E-state index contributed by atoms with van der Waals surface area (Å²) in [6, 6.07) is 4.99. The topological polar surface area (TPSA) is 0 Å². The highest BCUT2D eigenvalue weighted by Crippen LogP contribution is 2.22. The molecule has 0 amide bonds. The van der Waals surface area contributed by atoms with Crippen molar-refractivity contribution in [1.82, 2.24) is 0 Å². The zero-order valence-corrected chi connectivity index (χ0v) is 12.0. The van der Waals surface area contributed by atoms with E-state index >= 15 is 0 Å². The Morgan fingerprint density at radius 3 is 2.56 bits per heavy atom. The molecule has 0 saturated carbocycles. The molecule has 0 saturated heterocycles. The zero-order chi connectivity index (χ0) is 12.1. The van der Waals surface area contributed by atoms with Gasteiger partial charge in [0.15, 0.2) is 0 Å². The molecule has 0 radical (unpaired) electrons. The molecule has 0 aromatic heterocycles. The second kappa shape index (κ2) is 6.61. The van der Waals surface area contributed by atoms with Crippen molar-refractivity contribution in [2.45, 2.75) is 26.7 Å². The van der Waals surface area contributed by atoms with Crippen LogP contribution in [0.15, 0.2) is 18.2 Å². The van der Waals surface area contributed by atoms with E-state index in [1.165, 1.54) is 12.5 Å². The summed E-state index contributed by atoms with van der Waals surface area (Å²) in [5, 5.41) is 1.19.